The Hall–Kier alpha value is -0.780. The van der Waals surface area contributed by atoms with E-state index in [0.717, 1.165) is 12.1 Å². The number of carboxylic acids is 1. The van der Waals surface area contributed by atoms with Crippen molar-refractivity contribution in [1.82, 2.24) is 4.98 Å². The van der Waals surface area contributed by atoms with Gasteiger partial charge in [-0.25, -0.2) is 4.79 Å². The van der Waals surface area contributed by atoms with Gasteiger partial charge in [-0.3, -0.25) is 0 Å². The van der Waals surface area contributed by atoms with E-state index < -0.39 is 17.7 Å². The van der Waals surface area contributed by atoms with E-state index >= 15 is 0 Å². The van der Waals surface area contributed by atoms with Crippen LogP contribution in [0.4, 0.5) is 0 Å². The third-order valence-electron chi connectivity index (χ3n) is 1.05. The summed E-state index contributed by atoms with van der Waals surface area (Å²) in [6, 6.07) is 1.89. The van der Waals surface area contributed by atoms with Crippen LogP contribution in [-0.4, -0.2) is 55.8 Å². The van der Waals surface area contributed by atoms with Crippen molar-refractivity contribution in [2.24, 2.45) is 0 Å². The van der Waals surface area contributed by atoms with Gasteiger partial charge in [-0.2, -0.15) is 4.98 Å². The van der Waals surface area contributed by atoms with Crippen LogP contribution in [0.25, 0.3) is 0 Å². The number of aromatic carboxylic acids is 1. The average Bonchev–Trinajstić information content (AvgIpc) is 1.85. The Labute approximate surface area is 90.0 Å². The van der Waals surface area contributed by atoms with E-state index in [2.05, 4.69) is 4.98 Å². The molecule has 1 heterocycles. The summed E-state index contributed by atoms with van der Waals surface area (Å²) >= 11 is 0. The molecule has 12 heavy (non-hydrogen) atoms. The monoisotopic (exact) mass is 179 g/mol. The predicted octanol–water partition coefficient (Wildman–Crippen LogP) is -0.458. The van der Waals surface area contributed by atoms with Crippen LogP contribution in [-0.2, 0) is 0 Å². The maximum atomic E-state index is 10.3. The minimum atomic E-state index is -1.22. The molecule has 0 atom stereocenters. The van der Waals surface area contributed by atoms with Gasteiger partial charge in [0, 0.05) is 12.1 Å². The molecule has 1 aromatic rings. The zero-order valence-electron chi connectivity index (χ0n) is 5.35. The zero-order valence-corrected chi connectivity index (χ0v) is 5.35. The van der Waals surface area contributed by atoms with Crippen LogP contribution < -0.4 is 0 Å². The Morgan fingerprint density at radius 1 is 1.25 bits per heavy atom. The van der Waals surface area contributed by atoms with Crippen LogP contribution in [0.15, 0.2) is 12.1 Å². The molecule has 0 radical (unpaired) electrons. The van der Waals surface area contributed by atoms with E-state index in [0.29, 0.717) is 0 Å². The van der Waals surface area contributed by atoms with E-state index in [-0.39, 0.29) is 35.1 Å². The number of nitrogens with zero attached hydrogens (tertiary/aromatic N) is 1. The first-order chi connectivity index (χ1) is 5.09. The van der Waals surface area contributed by atoms with Gasteiger partial charge in [-0.1, -0.05) is 0 Å². The Bertz CT molecular complexity index is 281. The Morgan fingerprint density at radius 3 is 2.00 bits per heavy atom. The normalized spacial score (nSPS) is 8.67. The second-order valence-corrected chi connectivity index (χ2v) is 1.88. The third kappa shape index (κ3) is 2.69. The number of pyridine rings is 1. The average molecular weight is 179 g/mol. The van der Waals surface area contributed by atoms with Gasteiger partial charge in [0.25, 0.3) is 0 Å². The molecule has 0 unspecified atom stereocenters. The quantitative estimate of drug-likeness (QED) is 0.507. The third-order valence-corrected chi connectivity index (χ3v) is 1.05. The van der Waals surface area contributed by atoms with Crippen LogP contribution >= 0.6 is 0 Å². The molecular formula is C6H6NNaO4. The summed E-state index contributed by atoms with van der Waals surface area (Å²) in [6.45, 7) is 0. The first-order valence-electron chi connectivity index (χ1n) is 2.73. The predicted molar refractivity (Wildman–Crippen MR) is 41.7 cm³/mol. The molecule has 0 saturated carbocycles. The van der Waals surface area contributed by atoms with Crippen LogP contribution in [0, 0.1) is 0 Å². The first-order valence-corrected chi connectivity index (χ1v) is 2.73. The van der Waals surface area contributed by atoms with Gasteiger partial charge in [0.2, 0.25) is 11.8 Å². The molecule has 0 aliphatic heterocycles. The molecule has 0 fully saturated rings. The van der Waals surface area contributed by atoms with Crippen LogP contribution in [0.1, 0.15) is 10.4 Å². The molecule has 5 nitrogen and oxygen atoms in total. The SMILES string of the molecule is O=C(O)c1cc(O)nc(O)c1.[NaH]. The maximum absolute atomic E-state index is 10.3. The van der Waals surface area contributed by atoms with Gasteiger partial charge in [0.15, 0.2) is 0 Å². The van der Waals surface area contributed by atoms with Crippen molar-refractivity contribution >= 4 is 35.5 Å². The van der Waals surface area contributed by atoms with Crippen LogP contribution in [0.2, 0.25) is 0 Å². The number of rotatable bonds is 1. The number of hydrogen-bond acceptors (Lipinski definition) is 4. The van der Waals surface area contributed by atoms with Gasteiger partial charge in [-0.15, -0.1) is 0 Å². The van der Waals surface area contributed by atoms with Crippen molar-refractivity contribution in [2.45, 2.75) is 0 Å². The van der Waals surface area contributed by atoms with Crippen molar-refractivity contribution in [3.05, 3.63) is 17.7 Å². The second kappa shape index (κ2) is 4.30. The van der Waals surface area contributed by atoms with Gasteiger partial charge in [0.1, 0.15) is 0 Å². The molecule has 0 aromatic carbocycles. The van der Waals surface area contributed by atoms with Gasteiger partial charge >= 0.3 is 35.5 Å². The molecule has 0 saturated heterocycles. The van der Waals surface area contributed by atoms with E-state index in [1.807, 2.05) is 0 Å². The van der Waals surface area contributed by atoms with Crippen LogP contribution in [0.5, 0.6) is 11.8 Å². The Balaban J connectivity index is 0.00000121. The fourth-order valence-corrected chi connectivity index (χ4v) is 0.625. The molecule has 3 N–H and O–H groups in total. The van der Waals surface area contributed by atoms with E-state index in [9.17, 15) is 4.79 Å². The molecule has 0 aliphatic carbocycles. The van der Waals surface area contributed by atoms with Gasteiger partial charge < -0.3 is 15.3 Å². The molecule has 0 spiro atoms. The van der Waals surface area contributed by atoms with Crippen molar-refractivity contribution in [2.75, 3.05) is 0 Å². The molecule has 1 rings (SSSR count). The summed E-state index contributed by atoms with van der Waals surface area (Å²) < 4.78 is 0. The van der Waals surface area contributed by atoms with Gasteiger partial charge in [-0.05, 0) is 0 Å². The first kappa shape index (κ1) is 11.2. The van der Waals surface area contributed by atoms with Crippen molar-refractivity contribution < 1.29 is 20.1 Å². The second-order valence-electron chi connectivity index (χ2n) is 1.88. The van der Waals surface area contributed by atoms with Crippen molar-refractivity contribution in [3.63, 3.8) is 0 Å². The summed E-state index contributed by atoms with van der Waals surface area (Å²) in [6.07, 6.45) is 0. The van der Waals surface area contributed by atoms with Crippen molar-refractivity contribution in [1.29, 1.82) is 0 Å². The molecule has 6 heteroatoms. The molecule has 60 valence electrons. The fraction of sp³-hybridized carbons (Fsp3) is 0. The summed E-state index contributed by atoms with van der Waals surface area (Å²) in [4.78, 5) is 13.4. The molecule has 0 amide bonds. The fourth-order valence-electron chi connectivity index (χ4n) is 0.625. The molecular weight excluding hydrogens is 173 g/mol. The summed E-state index contributed by atoms with van der Waals surface area (Å²) in [7, 11) is 0. The number of aromatic hydroxyl groups is 2. The molecule has 0 bridgehead atoms. The standard InChI is InChI=1S/C6H5NO4.Na.H/c8-4-1-3(6(10)11)2-5(9)7-4;;/h1-2H,(H,10,11)(H2,7,8,9);;. The summed E-state index contributed by atoms with van der Waals surface area (Å²) in [5, 5.41) is 25.8. The molecule has 0 aliphatic rings. The Morgan fingerprint density at radius 2 is 1.67 bits per heavy atom. The number of aromatic nitrogens is 1. The van der Waals surface area contributed by atoms with Crippen molar-refractivity contribution in [3.8, 4) is 11.8 Å². The zero-order chi connectivity index (χ0) is 8.43. The summed E-state index contributed by atoms with van der Waals surface area (Å²) in [5.41, 5.74) is -0.199. The number of hydrogen-bond donors (Lipinski definition) is 3. The van der Waals surface area contributed by atoms with Crippen LogP contribution in [0.3, 0.4) is 0 Å². The van der Waals surface area contributed by atoms with E-state index in [1.165, 1.54) is 0 Å². The minimum absolute atomic E-state index is 0. The van der Waals surface area contributed by atoms with E-state index in [1.54, 1.807) is 0 Å². The summed E-state index contributed by atoms with van der Waals surface area (Å²) in [5.74, 6) is -2.25. The van der Waals surface area contributed by atoms with E-state index in [4.69, 9.17) is 15.3 Å². The van der Waals surface area contributed by atoms with Gasteiger partial charge in [0.05, 0.1) is 5.56 Å². The number of carboxylic acid groups (broad SMARTS) is 1. The Kier molecular flexibility index (Phi) is 4.02. The number of carbonyl (C=O) groups is 1. The topological polar surface area (TPSA) is 90.7 Å². The molecule has 1 aromatic heterocycles.